The summed E-state index contributed by atoms with van der Waals surface area (Å²) in [5.41, 5.74) is 0.714. The Morgan fingerprint density at radius 1 is 1.00 bits per heavy atom. The van der Waals surface area contributed by atoms with E-state index < -0.39 is 5.23 Å². The molecule has 2 aliphatic heterocycles. The zero-order chi connectivity index (χ0) is 12.9. The van der Waals surface area contributed by atoms with Crippen LogP contribution < -0.4 is 10.5 Å². The normalized spacial score (nSPS) is 24.9. The monoisotopic (exact) mass is 254 g/mol. The summed E-state index contributed by atoms with van der Waals surface area (Å²) in [6.45, 7) is 0.900. The number of nitrogens with zero attached hydrogens (tertiary/aromatic N) is 2. The predicted octanol–water partition coefficient (Wildman–Crippen LogP) is 1.22. The molecule has 0 saturated carbocycles. The zero-order valence-corrected chi connectivity index (χ0v) is 9.15. The van der Waals surface area contributed by atoms with E-state index in [-0.39, 0.29) is 28.8 Å². The summed E-state index contributed by atoms with van der Waals surface area (Å²) in [5, 5.41) is 39.5. The maximum Gasteiger partial charge on any atom is 0.108 e. The molecule has 1 aromatic carbocycles. The highest BCUT2D eigenvalue weighted by Gasteiger charge is 2.34. The van der Waals surface area contributed by atoms with Crippen molar-refractivity contribution >= 4 is 11.4 Å². The van der Waals surface area contributed by atoms with Crippen molar-refractivity contribution in [1.29, 1.82) is 0 Å². The number of rotatable bonds is 4. The molecule has 0 aromatic heterocycles. The van der Waals surface area contributed by atoms with Gasteiger partial charge in [0.2, 0.25) is 0 Å². The minimum atomic E-state index is -0.568. The van der Waals surface area contributed by atoms with Crippen LogP contribution in [-0.2, 0) is 9.47 Å². The number of hydrogen-bond donors (Lipinski definition) is 2. The molecule has 2 aliphatic rings. The largest absolute Gasteiger partial charge is 0.769 e. The highest BCUT2D eigenvalue weighted by Crippen LogP contribution is 2.44. The molecule has 0 aliphatic carbocycles. The third-order valence-electron chi connectivity index (χ3n) is 2.95. The molecule has 8 nitrogen and oxygen atoms in total. The summed E-state index contributed by atoms with van der Waals surface area (Å²) < 4.78 is 10.1. The molecule has 18 heavy (non-hydrogen) atoms. The smallest absolute Gasteiger partial charge is 0.108 e. The Morgan fingerprint density at radius 3 is 1.89 bits per heavy atom. The Bertz CT molecular complexity index is 403. The Morgan fingerprint density at radius 2 is 1.50 bits per heavy atom. The Balaban J connectivity index is 2.10. The van der Waals surface area contributed by atoms with Gasteiger partial charge in [0.15, 0.2) is 0 Å². The van der Waals surface area contributed by atoms with Gasteiger partial charge in [0, 0.05) is 16.8 Å². The topological polar surface area (TPSA) is 118 Å². The molecule has 2 N–H and O–H groups in total. The maximum absolute atomic E-state index is 11.0. The van der Waals surface area contributed by atoms with Crippen molar-refractivity contribution in [3.05, 3.63) is 33.7 Å². The van der Waals surface area contributed by atoms with Crippen molar-refractivity contribution in [2.45, 2.75) is 12.2 Å². The van der Waals surface area contributed by atoms with Gasteiger partial charge in [-0.25, -0.2) is 0 Å². The minimum Gasteiger partial charge on any atom is -0.769 e. The Kier molecular flexibility index (Phi) is 2.63. The van der Waals surface area contributed by atoms with Crippen LogP contribution in [0.4, 0.5) is 11.4 Å². The van der Waals surface area contributed by atoms with Crippen LogP contribution in [0.2, 0.25) is 0 Å². The van der Waals surface area contributed by atoms with E-state index >= 15 is 0 Å². The van der Waals surface area contributed by atoms with Crippen LogP contribution in [0.5, 0.6) is 0 Å². The van der Waals surface area contributed by atoms with Crippen molar-refractivity contribution in [3.63, 3.8) is 0 Å². The molecule has 0 spiro atoms. The quantitative estimate of drug-likeness (QED) is 0.608. The first-order valence-corrected chi connectivity index (χ1v) is 5.31. The molecule has 3 rings (SSSR count). The van der Waals surface area contributed by atoms with Crippen molar-refractivity contribution < 1.29 is 19.9 Å². The fraction of sp³-hybridized carbons (Fsp3) is 0.400. The standard InChI is InChI=1S/C10H10N2O6/c13-11(14)7-2-8(12(15)16)6(10-4-18-10)1-5(7)9-3-17-9/h1-2,9-10,13-14H,3-4H2/q-2/t9-,10-/m0/s1. The maximum atomic E-state index is 11.0. The third-order valence-corrected chi connectivity index (χ3v) is 2.95. The van der Waals surface area contributed by atoms with Crippen molar-refractivity contribution in [2.24, 2.45) is 0 Å². The fourth-order valence-corrected chi connectivity index (χ4v) is 1.91. The average Bonchev–Trinajstić information content (AvgIpc) is 3.16. The number of epoxide rings is 2. The molecule has 2 atom stereocenters. The van der Waals surface area contributed by atoms with E-state index in [9.17, 15) is 10.4 Å². The predicted molar refractivity (Wildman–Crippen MR) is 59.1 cm³/mol. The minimum absolute atomic E-state index is 0.0476. The van der Waals surface area contributed by atoms with E-state index in [4.69, 9.17) is 19.9 Å². The first-order chi connectivity index (χ1) is 8.58. The lowest BCUT2D eigenvalue weighted by Crippen LogP contribution is -2.16. The van der Waals surface area contributed by atoms with Gasteiger partial charge in [-0.15, -0.1) is 5.23 Å². The average molecular weight is 254 g/mol. The Hall–Kier alpha value is -1.42. The molecular formula is C10H10N2O6-2. The molecule has 8 heteroatoms. The molecule has 2 fully saturated rings. The van der Waals surface area contributed by atoms with Crippen molar-refractivity contribution in [3.8, 4) is 0 Å². The first kappa shape index (κ1) is 11.7. The van der Waals surface area contributed by atoms with E-state index in [0.717, 1.165) is 6.07 Å². The van der Waals surface area contributed by atoms with E-state index in [0.29, 0.717) is 24.3 Å². The number of ether oxygens (including phenoxy) is 2. The molecule has 0 bridgehead atoms. The van der Waals surface area contributed by atoms with Gasteiger partial charge in [-0.1, -0.05) is 0 Å². The van der Waals surface area contributed by atoms with Crippen LogP contribution >= 0.6 is 0 Å². The summed E-state index contributed by atoms with van der Waals surface area (Å²) in [7, 11) is 0. The van der Waals surface area contributed by atoms with E-state index in [1.165, 1.54) is 0 Å². The molecule has 0 unspecified atom stereocenters. The molecular weight excluding hydrogens is 244 g/mol. The summed E-state index contributed by atoms with van der Waals surface area (Å²) in [6.07, 6.45) is -0.539. The summed E-state index contributed by atoms with van der Waals surface area (Å²) in [4.78, 5) is 0. The van der Waals surface area contributed by atoms with Gasteiger partial charge in [-0.3, -0.25) is 10.4 Å². The van der Waals surface area contributed by atoms with Crippen LogP contribution in [0.25, 0.3) is 0 Å². The second-order valence-electron chi connectivity index (χ2n) is 4.16. The number of benzene rings is 1. The van der Waals surface area contributed by atoms with Gasteiger partial charge in [0.05, 0.1) is 13.2 Å². The van der Waals surface area contributed by atoms with Gasteiger partial charge in [0.1, 0.15) is 17.9 Å². The highest BCUT2D eigenvalue weighted by molar-refractivity contribution is 5.68. The molecule has 0 radical (unpaired) electrons. The first-order valence-electron chi connectivity index (χ1n) is 5.31. The number of anilines is 2. The van der Waals surface area contributed by atoms with E-state index in [2.05, 4.69) is 0 Å². The van der Waals surface area contributed by atoms with Gasteiger partial charge >= 0.3 is 0 Å². The van der Waals surface area contributed by atoms with Crippen molar-refractivity contribution in [2.75, 3.05) is 23.7 Å². The number of hydrogen-bond acceptors (Lipinski definition) is 8. The van der Waals surface area contributed by atoms with Gasteiger partial charge in [0.25, 0.3) is 0 Å². The lowest BCUT2D eigenvalue weighted by atomic mass is 10.0. The van der Waals surface area contributed by atoms with Crippen LogP contribution in [0.3, 0.4) is 0 Å². The summed E-state index contributed by atoms with van der Waals surface area (Å²) >= 11 is 0. The van der Waals surface area contributed by atoms with E-state index in [1.807, 2.05) is 0 Å². The molecule has 98 valence electrons. The van der Waals surface area contributed by atoms with Crippen LogP contribution in [-0.4, -0.2) is 23.6 Å². The van der Waals surface area contributed by atoms with Crippen molar-refractivity contribution in [1.82, 2.24) is 0 Å². The molecule has 1 aromatic rings. The van der Waals surface area contributed by atoms with Gasteiger partial charge < -0.3 is 25.1 Å². The second-order valence-corrected chi connectivity index (χ2v) is 4.16. The second kappa shape index (κ2) is 4.05. The summed E-state index contributed by atoms with van der Waals surface area (Å²) in [6, 6.07) is 2.66. The summed E-state index contributed by atoms with van der Waals surface area (Å²) in [5.74, 6) is 0. The van der Waals surface area contributed by atoms with Crippen LogP contribution in [0, 0.1) is 10.4 Å². The molecule has 2 saturated heterocycles. The van der Waals surface area contributed by atoms with E-state index in [1.54, 1.807) is 6.07 Å². The molecule has 0 amide bonds. The zero-order valence-electron chi connectivity index (χ0n) is 9.15. The molecule has 2 heterocycles. The Labute approximate surface area is 102 Å². The lowest BCUT2D eigenvalue weighted by molar-refractivity contribution is 0.0285. The highest BCUT2D eigenvalue weighted by atomic mass is 16.8. The third kappa shape index (κ3) is 2.01. The van der Waals surface area contributed by atoms with Crippen LogP contribution in [0.1, 0.15) is 23.3 Å². The van der Waals surface area contributed by atoms with Crippen LogP contribution in [0.15, 0.2) is 12.1 Å². The SMILES string of the molecule is [O-]N([O-])c1cc(N(O)O)c([C@@H]2CO2)cc1[C@@H]1CO1. The van der Waals surface area contributed by atoms with Gasteiger partial charge in [-0.05, 0) is 12.1 Å². The van der Waals surface area contributed by atoms with Gasteiger partial charge in [-0.2, -0.15) is 0 Å². The fourth-order valence-electron chi connectivity index (χ4n) is 1.91. The lowest BCUT2D eigenvalue weighted by Gasteiger charge is -2.39.